The molecule has 0 aliphatic rings. The van der Waals surface area contributed by atoms with Crippen LogP contribution in [0.5, 0.6) is 11.5 Å². The van der Waals surface area contributed by atoms with Crippen molar-refractivity contribution in [1.82, 2.24) is 5.32 Å². The van der Waals surface area contributed by atoms with Crippen molar-refractivity contribution in [2.24, 2.45) is 0 Å². The molecule has 0 spiro atoms. The first kappa shape index (κ1) is 19.3. The van der Waals surface area contributed by atoms with E-state index in [1.807, 2.05) is 39.0 Å². The lowest BCUT2D eigenvalue weighted by molar-refractivity contribution is 0.0528. The first-order chi connectivity index (χ1) is 11.7. The summed E-state index contributed by atoms with van der Waals surface area (Å²) < 4.78 is 16.3. The topological polar surface area (TPSA) is 63.9 Å². The quantitative estimate of drug-likeness (QED) is 0.798. The van der Waals surface area contributed by atoms with Crippen LogP contribution in [0.4, 0.5) is 0 Å². The Labute approximate surface area is 150 Å². The van der Waals surface area contributed by atoms with E-state index < -0.39 is 5.60 Å². The Morgan fingerprint density at radius 3 is 2.24 bits per heavy atom. The van der Waals surface area contributed by atoms with E-state index in [2.05, 4.69) is 12.2 Å². The van der Waals surface area contributed by atoms with Gasteiger partial charge in [0.15, 0.2) is 11.5 Å². The minimum absolute atomic E-state index is 0.0413. The molecule has 0 fully saturated rings. The van der Waals surface area contributed by atoms with Crippen molar-refractivity contribution in [3.63, 3.8) is 0 Å². The Kier molecular flexibility index (Phi) is 5.80. The van der Waals surface area contributed by atoms with Gasteiger partial charge < -0.3 is 24.3 Å². The van der Waals surface area contributed by atoms with Crippen LogP contribution in [0.3, 0.4) is 0 Å². The Morgan fingerprint density at radius 2 is 1.72 bits per heavy atom. The molecule has 138 valence electrons. The van der Waals surface area contributed by atoms with Crippen molar-refractivity contribution in [3.05, 3.63) is 46.4 Å². The summed E-state index contributed by atoms with van der Waals surface area (Å²) in [7, 11) is 3.26. The molecule has 2 N–H and O–H groups in total. The van der Waals surface area contributed by atoms with Crippen molar-refractivity contribution in [1.29, 1.82) is 0 Å². The van der Waals surface area contributed by atoms with Gasteiger partial charge in [-0.15, -0.1) is 0 Å². The van der Waals surface area contributed by atoms with E-state index in [9.17, 15) is 5.11 Å². The third-order valence-electron chi connectivity index (χ3n) is 4.61. The SMILES string of the molecule is COc1cc(C)c(C(C)NCC(C)(O)c2cc(C)oc2C)cc1OC. The van der Waals surface area contributed by atoms with Gasteiger partial charge in [-0.3, -0.25) is 0 Å². The van der Waals surface area contributed by atoms with Crippen LogP contribution in [0.15, 0.2) is 22.6 Å². The number of hydrogen-bond acceptors (Lipinski definition) is 5. The lowest BCUT2D eigenvalue weighted by atomic mass is 9.95. The van der Waals surface area contributed by atoms with Crippen LogP contribution in [-0.4, -0.2) is 25.9 Å². The minimum Gasteiger partial charge on any atom is -0.493 e. The lowest BCUT2D eigenvalue weighted by Gasteiger charge is -2.27. The molecule has 5 nitrogen and oxygen atoms in total. The zero-order valence-corrected chi connectivity index (χ0v) is 16.2. The molecule has 5 heteroatoms. The van der Waals surface area contributed by atoms with Crippen LogP contribution in [0.1, 0.15) is 48.1 Å². The van der Waals surface area contributed by atoms with Crippen LogP contribution in [0.2, 0.25) is 0 Å². The van der Waals surface area contributed by atoms with Crippen LogP contribution in [-0.2, 0) is 5.60 Å². The summed E-state index contributed by atoms with van der Waals surface area (Å²) in [4.78, 5) is 0. The van der Waals surface area contributed by atoms with Gasteiger partial charge in [0.1, 0.15) is 17.1 Å². The molecular formula is C20H29NO4. The van der Waals surface area contributed by atoms with Gasteiger partial charge in [-0.25, -0.2) is 0 Å². The minimum atomic E-state index is -1.01. The van der Waals surface area contributed by atoms with Gasteiger partial charge >= 0.3 is 0 Å². The van der Waals surface area contributed by atoms with E-state index in [0.717, 1.165) is 28.2 Å². The van der Waals surface area contributed by atoms with Crippen LogP contribution < -0.4 is 14.8 Å². The fourth-order valence-electron chi connectivity index (χ4n) is 3.19. The van der Waals surface area contributed by atoms with Gasteiger partial charge in [0.2, 0.25) is 0 Å². The molecule has 0 radical (unpaired) electrons. The van der Waals surface area contributed by atoms with E-state index in [1.54, 1.807) is 21.1 Å². The zero-order valence-electron chi connectivity index (χ0n) is 16.2. The monoisotopic (exact) mass is 347 g/mol. The van der Waals surface area contributed by atoms with Crippen molar-refractivity contribution in [2.45, 2.75) is 46.3 Å². The van der Waals surface area contributed by atoms with Crippen molar-refractivity contribution < 1.29 is 19.0 Å². The van der Waals surface area contributed by atoms with Gasteiger partial charge in [-0.1, -0.05) is 0 Å². The maximum absolute atomic E-state index is 10.9. The molecule has 2 atom stereocenters. The molecule has 0 bridgehead atoms. The van der Waals surface area contributed by atoms with Crippen molar-refractivity contribution >= 4 is 0 Å². The summed E-state index contributed by atoms with van der Waals surface area (Å²) >= 11 is 0. The second kappa shape index (κ2) is 7.50. The summed E-state index contributed by atoms with van der Waals surface area (Å²) in [5, 5.41) is 14.3. The Bertz CT molecular complexity index is 734. The number of furan rings is 1. The van der Waals surface area contributed by atoms with Crippen molar-refractivity contribution in [2.75, 3.05) is 20.8 Å². The van der Waals surface area contributed by atoms with E-state index in [4.69, 9.17) is 13.9 Å². The van der Waals surface area contributed by atoms with E-state index >= 15 is 0 Å². The highest BCUT2D eigenvalue weighted by atomic mass is 16.5. The van der Waals surface area contributed by atoms with E-state index in [-0.39, 0.29) is 6.04 Å². The van der Waals surface area contributed by atoms with Gasteiger partial charge in [0, 0.05) is 18.2 Å². The summed E-state index contributed by atoms with van der Waals surface area (Å²) in [6.45, 7) is 10.1. The highest BCUT2D eigenvalue weighted by Crippen LogP contribution is 2.33. The summed E-state index contributed by atoms with van der Waals surface area (Å²) in [5.41, 5.74) is 2.01. The van der Waals surface area contributed by atoms with Crippen LogP contribution in [0, 0.1) is 20.8 Å². The highest BCUT2D eigenvalue weighted by Gasteiger charge is 2.28. The largest absolute Gasteiger partial charge is 0.493 e. The molecule has 25 heavy (non-hydrogen) atoms. The summed E-state index contributed by atoms with van der Waals surface area (Å²) in [6, 6.07) is 5.88. The Hall–Kier alpha value is -1.98. The van der Waals surface area contributed by atoms with Gasteiger partial charge in [0.25, 0.3) is 0 Å². The standard InChI is InChI=1S/C20H29NO4/c1-12-8-18(23-6)19(24-7)10-16(12)14(3)21-11-20(5,22)17-9-13(2)25-15(17)4/h8-10,14,21-22H,11H2,1-7H3. The number of hydrogen-bond donors (Lipinski definition) is 2. The number of rotatable bonds is 7. The Balaban J connectivity index is 2.17. The molecular weight excluding hydrogens is 318 g/mol. The molecule has 0 aliphatic carbocycles. The van der Waals surface area contributed by atoms with Crippen molar-refractivity contribution in [3.8, 4) is 11.5 Å². The molecule has 2 unspecified atom stereocenters. The number of methoxy groups -OCH3 is 2. The molecule has 1 aromatic carbocycles. The van der Waals surface area contributed by atoms with E-state index in [1.165, 1.54) is 0 Å². The number of aliphatic hydroxyl groups is 1. The second-order valence-corrected chi connectivity index (χ2v) is 6.77. The fraction of sp³-hybridized carbons (Fsp3) is 0.500. The van der Waals surface area contributed by atoms with E-state index in [0.29, 0.717) is 18.0 Å². The molecule has 0 saturated heterocycles. The molecule has 2 aromatic rings. The van der Waals surface area contributed by atoms with Crippen LogP contribution in [0.25, 0.3) is 0 Å². The maximum atomic E-state index is 10.9. The third-order valence-corrected chi connectivity index (χ3v) is 4.61. The van der Waals surface area contributed by atoms with Gasteiger partial charge in [-0.05, 0) is 63.9 Å². The number of nitrogens with one attached hydrogen (secondary N) is 1. The first-order valence-electron chi connectivity index (χ1n) is 8.45. The van der Waals surface area contributed by atoms with Gasteiger partial charge in [-0.2, -0.15) is 0 Å². The van der Waals surface area contributed by atoms with Crippen LogP contribution >= 0.6 is 0 Å². The number of aryl methyl sites for hydroxylation is 3. The molecule has 0 saturated carbocycles. The predicted octanol–water partition coefficient (Wildman–Crippen LogP) is 3.78. The summed E-state index contributed by atoms with van der Waals surface area (Å²) in [5.74, 6) is 2.97. The maximum Gasteiger partial charge on any atom is 0.161 e. The normalized spacial score (nSPS) is 14.9. The Morgan fingerprint density at radius 1 is 1.12 bits per heavy atom. The zero-order chi connectivity index (χ0) is 18.8. The summed E-state index contributed by atoms with van der Waals surface area (Å²) in [6.07, 6.45) is 0. The fourth-order valence-corrected chi connectivity index (χ4v) is 3.19. The average Bonchev–Trinajstić information content (AvgIpc) is 2.91. The molecule has 1 heterocycles. The predicted molar refractivity (Wildman–Crippen MR) is 98.5 cm³/mol. The lowest BCUT2D eigenvalue weighted by Crippen LogP contribution is -2.37. The molecule has 0 aliphatic heterocycles. The smallest absolute Gasteiger partial charge is 0.161 e. The third kappa shape index (κ3) is 4.17. The average molecular weight is 347 g/mol. The second-order valence-electron chi connectivity index (χ2n) is 6.77. The first-order valence-corrected chi connectivity index (χ1v) is 8.45. The number of ether oxygens (including phenoxy) is 2. The van der Waals surface area contributed by atoms with Gasteiger partial charge in [0.05, 0.1) is 14.2 Å². The molecule has 2 rings (SSSR count). The highest BCUT2D eigenvalue weighted by molar-refractivity contribution is 5.48. The number of benzene rings is 1. The molecule has 0 amide bonds. The molecule has 1 aromatic heterocycles.